The normalized spacial score (nSPS) is 18.4. The van der Waals surface area contributed by atoms with Gasteiger partial charge in [-0.25, -0.2) is 0 Å². The Balaban J connectivity index is 6.07. The minimum atomic E-state index is -5.15. The summed E-state index contributed by atoms with van der Waals surface area (Å²) in [6.45, 7) is 11.1. The number of alkyl halides is 6. The number of esters is 2. The van der Waals surface area contributed by atoms with Crippen LogP contribution in [0.2, 0.25) is 0 Å². The second-order valence-electron chi connectivity index (χ2n) is 10.2. The van der Waals surface area contributed by atoms with E-state index in [1.807, 2.05) is 0 Å². The molecular formula is C24H40F6O5. The molecule has 0 radical (unpaired) electrons. The molecule has 5 nitrogen and oxygen atoms in total. The fourth-order valence-electron chi connectivity index (χ4n) is 3.67. The number of halogens is 6. The lowest BCUT2D eigenvalue weighted by Gasteiger charge is -2.37. The summed E-state index contributed by atoms with van der Waals surface area (Å²) in [7, 11) is 0. The second kappa shape index (κ2) is 12.1. The number of carbonyl (C=O) groups is 2. The van der Waals surface area contributed by atoms with Crippen molar-refractivity contribution in [1.82, 2.24) is 0 Å². The van der Waals surface area contributed by atoms with Gasteiger partial charge in [0.2, 0.25) is 0 Å². The first-order valence-electron chi connectivity index (χ1n) is 11.9. The number of rotatable bonds is 13. The van der Waals surface area contributed by atoms with Gasteiger partial charge in [-0.05, 0) is 51.9 Å². The first-order chi connectivity index (χ1) is 15.6. The quantitative estimate of drug-likeness (QED) is 0.214. The van der Waals surface area contributed by atoms with E-state index in [0.717, 1.165) is 6.92 Å². The Bertz CT molecular complexity index is 697. The highest BCUT2D eigenvalue weighted by Crippen LogP contribution is 2.48. The molecule has 0 saturated carbocycles. The van der Waals surface area contributed by atoms with E-state index in [2.05, 4.69) is 0 Å². The molecule has 0 amide bonds. The first kappa shape index (κ1) is 33.5. The summed E-state index contributed by atoms with van der Waals surface area (Å²) >= 11 is 0. The molecule has 0 heterocycles. The summed E-state index contributed by atoms with van der Waals surface area (Å²) < 4.78 is 92.8. The highest BCUT2D eigenvalue weighted by Gasteiger charge is 2.62. The molecule has 0 aliphatic heterocycles. The number of carbonyl (C=O) groups excluding carboxylic acids is 2. The maximum atomic E-state index is 14.3. The van der Waals surface area contributed by atoms with Crippen molar-refractivity contribution >= 4 is 11.9 Å². The molecule has 0 spiro atoms. The van der Waals surface area contributed by atoms with Crippen LogP contribution in [0.3, 0.4) is 0 Å². The number of hydrogen-bond donors (Lipinski definition) is 1. The third-order valence-corrected chi connectivity index (χ3v) is 6.68. The van der Waals surface area contributed by atoms with E-state index in [0.29, 0.717) is 19.8 Å². The van der Waals surface area contributed by atoms with Crippen LogP contribution in [0.25, 0.3) is 0 Å². The van der Waals surface area contributed by atoms with Crippen LogP contribution >= 0.6 is 0 Å². The van der Waals surface area contributed by atoms with Crippen molar-refractivity contribution in [3.63, 3.8) is 0 Å². The molecule has 11 heteroatoms. The Hall–Kier alpha value is -1.52. The third kappa shape index (κ3) is 8.82. The molecule has 4 atom stereocenters. The molecular weight excluding hydrogens is 482 g/mol. The van der Waals surface area contributed by atoms with Gasteiger partial charge in [-0.15, -0.1) is 0 Å². The third-order valence-electron chi connectivity index (χ3n) is 6.68. The second-order valence-corrected chi connectivity index (χ2v) is 10.2. The molecule has 0 rings (SSSR count). The lowest BCUT2D eigenvalue weighted by molar-refractivity contribution is -0.267. The molecule has 1 N–H and O–H groups in total. The van der Waals surface area contributed by atoms with Crippen LogP contribution in [-0.2, 0) is 19.1 Å². The van der Waals surface area contributed by atoms with Gasteiger partial charge in [0.25, 0.3) is 0 Å². The molecule has 0 aromatic heterocycles. The molecule has 0 aliphatic carbocycles. The zero-order valence-corrected chi connectivity index (χ0v) is 21.8. The zero-order valence-electron chi connectivity index (χ0n) is 21.8. The van der Waals surface area contributed by atoms with Crippen LogP contribution in [0, 0.1) is 17.3 Å². The molecule has 0 fully saturated rings. The smallest absolute Gasteiger partial charge is 0.417 e. The largest absolute Gasteiger partial charge is 0.462 e. The van der Waals surface area contributed by atoms with E-state index in [1.165, 1.54) is 6.92 Å². The predicted molar refractivity (Wildman–Crippen MR) is 118 cm³/mol. The van der Waals surface area contributed by atoms with Crippen LogP contribution in [0.15, 0.2) is 0 Å². The monoisotopic (exact) mass is 522 g/mol. The van der Waals surface area contributed by atoms with Crippen molar-refractivity contribution in [3.05, 3.63) is 0 Å². The minimum absolute atomic E-state index is 0.196. The average Bonchev–Trinajstić information content (AvgIpc) is 2.68. The van der Waals surface area contributed by atoms with Gasteiger partial charge in [0.05, 0.1) is 5.92 Å². The summed E-state index contributed by atoms with van der Waals surface area (Å²) in [4.78, 5) is 25.6. The van der Waals surface area contributed by atoms with Gasteiger partial charge in [0.15, 0.2) is 11.0 Å². The lowest BCUT2D eigenvalue weighted by atomic mass is 9.76. The molecule has 35 heavy (non-hydrogen) atoms. The van der Waals surface area contributed by atoms with Crippen LogP contribution in [0.1, 0.15) is 93.9 Å². The fourth-order valence-corrected chi connectivity index (χ4v) is 3.67. The predicted octanol–water partition coefficient (Wildman–Crippen LogP) is 6.75. The topological polar surface area (TPSA) is 72.8 Å². The van der Waals surface area contributed by atoms with Crippen LogP contribution in [-0.4, -0.2) is 46.7 Å². The fraction of sp³-hybridized carbons (Fsp3) is 0.917. The van der Waals surface area contributed by atoms with Gasteiger partial charge in [0, 0.05) is 6.42 Å². The maximum absolute atomic E-state index is 14.3. The van der Waals surface area contributed by atoms with Crippen molar-refractivity contribution in [2.75, 3.05) is 0 Å². The van der Waals surface area contributed by atoms with E-state index in [1.54, 1.807) is 34.6 Å². The van der Waals surface area contributed by atoms with E-state index in [9.17, 15) is 41.0 Å². The van der Waals surface area contributed by atoms with Crippen LogP contribution in [0.5, 0.6) is 0 Å². The number of hydrogen-bond acceptors (Lipinski definition) is 5. The zero-order chi connectivity index (χ0) is 28.0. The van der Waals surface area contributed by atoms with Crippen molar-refractivity contribution in [1.29, 1.82) is 0 Å². The van der Waals surface area contributed by atoms with Gasteiger partial charge in [-0.3, -0.25) is 9.59 Å². The van der Waals surface area contributed by atoms with E-state index >= 15 is 0 Å². The molecule has 0 aromatic carbocycles. The molecule has 0 aromatic rings. The van der Waals surface area contributed by atoms with Crippen molar-refractivity contribution in [2.45, 2.75) is 124 Å². The summed E-state index contributed by atoms with van der Waals surface area (Å²) in [6.07, 6.45) is -14.1. The van der Waals surface area contributed by atoms with Crippen molar-refractivity contribution < 1.29 is 50.5 Å². The maximum Gasteiger partial charge on any atom is 0.417 e. The SMILES string of the molecule is CCC(C)(CC)OC(=O)C(C)CC(CC)(C(=O)OC(CC(C)C)CC(C)(O)C(F)(F)F)C(F)(F)F. The van der Waals surface area contributed by atoms with Crippen molar-refractivity contribution in [2.24, 2.45) is 17.3 Å². The summed E-state index contributed by atoms with van der Waals surface area (Å²) in [5, 5.41) is 9.84. The van der Waals surface area contributed by atoms with E-state index < -0.39 is 72.2 Å². The van der Waals surface area contributed by atoms with Crippen LogP contribution < -0.4 is 0 Å². The Kier molecular flexibility index (Phi) is 11.6. The van der Waals surface area contributed by atoms with Gasteiger partial charge < -0.3 is 14.6 Å². The Labute approximate surface area is 203 Å². The molecule has 0 saturated heterocycles. The molecule has 0 bridgehead atoms. The molecule has 0 aliphatic rings. The van der Waals surface area contributed by atoms with Crippen molar-refractivity contribution in [3.8, 4) is 0 Å². The molecule has 208 valence electrons. The van der Waals surface area contributed by atoms with Crippen LogP contribution in [0.4, 0.5) is 26.3 Å². The number of ether oxygens (including phenoxy) is 2. The van der Waals surface area contributed by atoms with Gasteiger partial charge >= 0.3 is 24.3 Å². The Morgan fingerprint density at radius 3 is 1.66 bits per heavy atom. The lowest BCUT2D eigenvalue weighted by Crippen LogP contribution is -2.50. The van der Waals surface area contributed by atoms with E-state index in [4.69, 9.17) is 9.47 Å². The van der Waals surface area contributed by atoms with E-state index in [-0.39, 0.29) is 12.3 Å². The average molecular weight is 523 g/mol. The highest BCUT2D eigenvalue weighted by atomic mass is 19.4. The summed E-state index contributed by atoms with van der Waals surface area (Å²) in [6, 6.07) is 0. The Morgan fingerprint density at radius 2 is 1.31 bits per heavy atom. The Morgan fingerprint density at radius 1 is 0.829 bits per heavy atom. The van der Waals surface area contributed by atoms with Gasteiger partial charge in [0.1, 0.15) is 11.7 Å². The summed E-state index contributed by atoms with van der Waals surface area (Å²) in [5.74, 6) is -4.37. The highest BCUT2D eigenvalue weighted by molar-refractivity contribution is 5.80. The number of aliphatic hydroxyl groups is 1. The minimum Gasteiger partial charge on any atom is -0.462 e. The van der Waals surface area contributed by atoms with Gasteiger partial charge in [-0.1, -0.05) is 41.5 Å². The first-order valence-corrected chi connectivity index (χ1v) is 11.9. The van der Waals surface area contributed by atoms with Gasteiger partial charge in [-0.2, -0.15) is 26.3 Å². The standard InChI is InChI=1S/C24H40F6O5/c1-9-20(7,10-2)35-18(31)16(6)13-22(11-3,24(28,29)30)19(32)34-17(12-15(4)5)14-21(8,33)23(25,26)27/h15-17,33H,9-14H2,1-8H3. The summed E-state index contributed by atoms with van der Waals surface area (Å²) in [5.41, 5.74) is -7.30. The molecule has 4 unspecified atom stereocenters.